The smallest absolute Gasteiger partial charge is 0.348 e. The maximum absolute atomic E-state index is 12.0. The predicted octanol–water partition coefficient (Wildman–Crippen LogP) is 1.93. The van der Waals surface area contributed by atoms with Crippen LogP contribution >= 0.6 is 11.3 Å². The number of methoxy groups -OCH3 is 1. The van der Waals surface area contributed by atoms with Crippen molar-refractivity contribution in [3.8, 4) is 0 Å². The average molecular weight is 298 g/mol. The number of nitrogens with one attached hydrogen (secondary N) is 1. The second kappa shape index (κ2) is 5.62. The summed E-state index contributed by atoms with van der Waals surface area (Å²) in [6.07, 6.45) is 0. The van der Waals surface area contributed by atoms with Crippen LogP contribution in [0.1, 0.15) is 46.4 Å². The van der Waals surface area contributed by atoms with Gasteiger partial charge >= 0.3 is 5.97 Å². The van der Waals surface area contributed by atoms with Crippen molar-refractivity contribution in [3.05, 3.63) is 16.0 Å². The Balaban J connectivity index is 3.29. The van der Waals surface area contributed by atoms with E-state index in [0.717, 1.165) is 11.3 Å². The van der Waals surface area contributed by atoms with Gasteiger partial charge in [-0.2, -0.15) is 0 Å². The number of thiophene rings is 1. The van der Waals surface area contributed by atoms with Crippen LogP contribution in [-0.4, -0.2) is 24.9 Å². The van der Waals surface area contributed by atoms with Gasteiger partial charge in [0, 0.05) is 5.41 Å². The summed E-state index contributed by atoms with van der Waals surface area (Å²) in [6.45, 7) is 6.82. The SMILES string of the molecule is COC(=O)c1sc(NC(=O)C(C)(C)C)c(C(N)=O)c1C. The zero-order valence-electron chi connectivity index (χ0n) is 12.1. The quantitative estimate of drug-likeness (QED) is 0.833. The number of nitrogens with two attached hydrogens (primary N) is 1. The van der Waals surface area contributed by atoms with Crippen molar-refractivity contribution in [1.82, 2.24) is 0 Å². The first-order valence-corrected chi connectivity index (χ1v) is 6.74. The summed E-state index contributed by atoms with van der Waals surface area (Å²) in [5, 5.41) is 2.92. The second-order valence-corrected chi connectivity index (χ2v) is 6.34. The Morgan fingerprint density at radius 2 is 1.80 bits per heavy atom. The number of rotatable bonds is 3. The molecule has 0 spiro atoms. The molecule has 0 bridgehead atoms. The molecule has 1 rings (SSSR count). The number of hydrogen-bond donors (Lipinski definition) is 2. The fourth-order valence-electron chi connectivity index (χ4n) is 1.48. The molecule has 3 N–H and O–H groups in total. The van der Waals surface area contributed by atoms with Crippen LogP contribution < -0.4 is 11.1 Å². The van der Waals surface area contributed by atoms with Gasteiger partial charge in [0.25, 0.3) is 5.91 Å². The fraction of sp³-hybridized carbons (Fsp3) is 0.462. The van der Waals surface area contributed by atoms with Crippen LogP contribution in [0.2, 0.25) is 0 Å². The van der Waals surface area contributed by atoms with Gasteiger partial charge in [-0.1, -0.05) is 20.8 Å². The van der Waals surface area contributed by atoms with Crippen molar-refractivity contribution in [2.24, 2.45) is 11.1 Å². The molecule has 1 heterocycles. The predicted molar refractivity (Wildman–Crippen MR) is 77.0 cm³/mol. The summed E-state index contributed by atoms with van der Waals surface area (Å²) in [5.41, 5.74) is 5.25. The van der Waals surface area contributed by atoms with Crippen molar-refractivity contribution in [2.45, 2.75) is 27.7 Å². The zero-order chi connectivity index (χ0) is 15.7. The molecule has 0 atom stereocenters. The highest BCUT2D eigenvalue weighted by atomic mass is 32.1. The van der Waals surface area contributed by atoms with Crippen LogP contribution in [-0.2, 0) is 9.53 Å². The molecular weight excluding hydrogens is 280 g/mol. The Kier molecular flexibility index (Phi) is 4.54. The number of ether oxygens (including phenoxy) is 1. The van der Waals surface area contributed by atoms with Gasteiger partial charge in [0.05, 0.1) is 12.7 Å². The Bertz CT molecular complexity index is 570. The van der Waals surface area contributed by atoms with Gasteiger partial charge in [0.15, 0.2) is 0 Å². The van der Waals surface area contributed by atoms with Gasteiger partial charge in [0.2, 0.25) is 5.91 Å². The lowest BCUT2D eigenvalue weighted by Gasteiger charge is -2.17. The highest BCUT2D eigenvalue weighted by molar-refractivity contribution is 7.18. The lowest BCUT2D eigenvalue weighted by Crippen LogP contribution is -2.28. The number of anilines is 1. The number of carbonyl (C=O) groups excluding carboxylic acids is 3. The summed E-state index contributed by atoms with van der Waals surface area (Å²) >= 11 is 0.984. The lowest BCUT2D eigenvalue weighted by molar-refractivity contribution is -0.123. The monoisotopic (exact) mass is 298 g/mol. The topological polar surface area (TPSA) is 98.5 Å². The summed E-state index contributed by atoms with van der Waals surface area (Å²) in [7, 11) is 1.25. The summed E-state index contributed by atoms with van der Waals surface area (Å²) < 4.78 is 4.64. The molecule has 0 fully saturated rings. The van der Waals surface area contributed by atoms with E-state index in [1.54, 1.807) is 27.7 Å². The van der Waals surface area contributed by atoms with E-state index in [0.29, 0.717) is 5.56 Å². The van der Waals surface area contributed by atoms with E-state index in [9.17, 15) is 14.4 Å². The third-order valence-electron chi connectivity index (χ3n) is 2.67. The van der Waals surface area contributed by atoms with Gasteiger partial charge in [-0.25, -0.2) is 4.79 Å². The number of carbonyl (C=O) groups is 3. The molecule has 0 saturated heterocycles. The van der Waals surface area contributed by atoms with E-state index >= 15 is 0 Å². The molecule has 110 valence electrons. The second-order valence-electron chi connectivity index (χ2n) is 5.32. The number of amides is 2. The highest BCUT2D eigenvalue weighted by Gasteiger charge is 2.28. The molecule has 0 aliphatic heterocycles. The van der Waals surface area contributed by atoms with E-state index < -0.39 is 17.3 Å². The molecule has 20 heavy (non-hydrogen) atoms. The van der Waals surface area contributed by atoms with Crippen molar-refractivity contribution in [2.75, 3.05) is 12.4 Å². The lowest BCUT2D eigenvalue weighted by atomic mass is 9.96. The molecule has 0 aliphatic carbocycles. The summed E-state index contributed by atoms with van der Waals surface area (Å²) in [4.78, 5) is 35.4. The Hall–Kier alpha value is -1.89. The summed E-state index contributed by atoms with van der Waals surface area (Å²) in [5.74, 6) is -1.53. The number of hydrogen-bond acceptors (Lipinski definition) is 5. The fourth-order valence-corrected chi connectivity index (χ4v) is 2.60. The molecule has 1 aromatic rings. The Labute approximate surface area is 121 Å². The molecular formula is C13H18N2O4S. The van der Waals surface area contributed by atoms with E-state index in [1.807, 2.05) is 0 Å². The molecule has 7 heteroatoms. The molecule has 1 aromatic heterocycles. The van der Waals surface area contributed by atoms with Crippen LogP contribution in [0.4, 0.5) is 5.00 Å². The minimum atomic E-state index is -0.696. The van der Waals surface area contributed by atoms with Crippen LogP contribution in [0.5, 0.6) is 0 Å². The van der Waals surface area contributed by atoms with Crippen LogP contribution in [0.25, 0.3) is 0 Å². The van der Waals surface area contributed by atoms with Gasteiger partial charge in [-0.15, -0.1) is 11.3 Å². The first-order chi connectivity index (χ1) is 9.09. The summed E-state index contributed by atoms with van der Waals surface area (Å²) in [6, 6.07) is 0. The largest absolute Gasteiger partial charge is 0.465 e. The maximum atomic E-state index is 12.0. The van der Waals surface area contributed by atoms with Crippen molar-refractivity contribution >= 4 is 34.1 Å². The Morgan fingerprint density at radius 3 is 2.20 bits per heavy atom. The van der Waals surface area contributed by atoms with E-state index in [-0.39, 0.29) is 21.3 Å². The standard InChI is InChI=1S/C13H18N2O4S/c1-6-7(9(14)16)10(15-12(18)13(2,3)4)20-8(6)11(17)19-5/h1-5H3,(H2,14,16)(H,15,18). The third kappa shape index (κ3) is 3.16. The zero-order valence-corrected chi connectivity index (χ0v) is 12.9. The van der Waals surface area contributed by atoms with Gasteiger partial charge in [-0.3, -0.25) is 9.59 Å². The minimum absolute atomic E-state index is 0.146. The van der Waals surface area contributed by atoms with Crippen LogP contribution in [0, 0.1) is 12.3 Å². The number of esters is 1. The van der Waals surface area contributed by atoms with E-state index in [1.165, 1.54) is 7.11 Å². The molecule has 0 saturated carbocycles. The third-order valence-corrected chi connectivity index (χ3v) is 3.86. The van der Waals surface area contributed by atoms with Crippen molar-refractivity contribution < 1.29 is 19.1 Å². The van der Waals surface area contributed by atoms with E-state index in [2.05, 4.69) is 10.1 Å². The van der Waals surface area contributed by atoms with Gasteiger partial charge in [0.1, 0.15) is 9.88 Å². The molecule has 0 aromatic carbocycles. The Morgan fingerprint density at radius 1 is 1.25 bits per heavy atom. The molecule has 6 nitrogen and oxygen atoms in total. The average Bonchev–Trinajstić information content (AvgIpc) is 2.64. The molecule has 2 amide bonds. The van der Waals surface area contributed by atoms with E-state index in [4.69, 9.17) is 5.73 Å². The molecule has 0 radical (unpaired) electrons. The van der Waals surface area contributed by atoms with Gasteiger partial charge in [-0.05, 0) is 12.5 Å². The first-order valence-electron chi connectivity index (χ1n) is 5.92. The van der Waals surface area contributed by atoms with Crippen molar-refractivity contribution in [3.63, 3.8) is 0 Å². The van der Waals surface area contributed by atoms with Crippen molar-refractivity contribution in [1.29, 1.82) is 0 Å². The normalized spacial score (nSPS) is 11.1. The molecule has 0 unspecified atom stereocenters. The number of primary amides is 1. The first kappa shape index (κ1) is 16.2. The maximum Gasteiger partial charge on any atom is 0.348 e. The van der Waals surface area contributed by atoms with Crippen LogP contribution in [0.3, 0.4) is 0 Å². The highest BCUT2D eigenvalue weighted by Crippen LogP contribution is 2.34. The van der Waals surface area contributed by atoms with Gasteiger partial charge < -0.3 is 15.8 Å². The molecule has 0 aliphatic rings. The van der Waals surface area contributed by atoms with Crippen LogP contribution in [0.15, 0.2) is 0 Å². The minimum Gasteiger partial charge on any atom is -0.465 e.